The maximum Gasteiger partial charge on any atom is 0.115 e. The summed E-state index contributed by atoms with van der Waals surface area (Å²) in [5.74, 6) is 0.309. The first-order valence-electron chi connectivity index (χ1n) is 6.13. The molecule has 0 saturated heterocycles. The number of hydrogen-bond donors (Lipinski definition) is 3. The third-order valence-corrected chi connectivity index (χ3v) is 2.85. The van der Waals surface area contributed by atoms with E-state index >= 15 is 0 Å². The predicted octanol–water partition coefficient (Wildman–Crippen LogP) is 2.28. The van der Waals surface area contributed by atoms with Gasteiger partial charge in [-0.3, -0.25) is 0 Å². The molecule has 0 aliphatic rings. The molecule has 0 unspecified atom stereocenters. The molecular formula is C14H23NO2. The van der Waals surface area contributed by atoms with E-state index in [0.717, 1.165) is 31.5 Å². The Kier molecular flexibility index (Phi) is 5.45. The molecule has 0 radical (unpaired) electrons. The van der Waals surface area contributed by atoms with Crippen molar-refractivity contribution < 1.29 is 10.2 Å². The summed E-state index contributed by atoms with van der Waals surface area (Å²) >= 11 is 0. The number of phenolic OH excluding ortho intramolecular Hbond substituents is 1. The molecule has 1 rings (SSSR count). The maximum absolute atomic E-state index is 9.33. The van der Waals surface area contributed by atoms with E-state index in [2.05, 4.69) is 19.2 Å². The van der Waals surface area contributed by atoms with Crippen LogP contribution in [0.15, 0.2) is 24.3 Å². The monoisotopic (exact) mass is 237 g/mol. The molecule has 0 saturated carbocycles. The lowest BCUT2D eigenvalue weighted by atomic mass is 9.88. The Morgan fingerprint density at radius 2 is 2.06 bits per heavy atom. The number of rotatable bonds is 7. The summed E-state index contributed by atoms with van der Waals surface area (Å²) in [6.07, 6.45) is 1.86. The zero-order chi connectivity index (χ0) is 12.7. The van der Waals surface area contributed by atoms with E-state index in [1.165, 1.54) is 0 Å². The summed E-state index contributed by atoms with van der Waals surface area (Å²) in [6.45, 7) is 6.31. The fourth-order valence-electron chi connectivity index (χ4n) is 1.86. The van der Waals surface area contributed by atoms with Crippen molar-refractivity contribution in [2.45, 2.75) is 33.2 Å². The number of aliphatic hydroxyl groups excluding tert-OH is 1. The standard InChI is InChI=1S/C14H23NO2/c1-14(2,7-4-8-16)11-15-10-12-5-3-6-13(17)9-12/h3,5-6,9,15-17H,4,7-8,10-11H2,1-2H3. The van der Waals surface area contributed by atoms with Gasteiger partial charge in [-0.2, -0.15) is 0 Å². The van der Waals surface area contributed by atoms with Crippen LogP contribution in [0.4, 0.5) is 0 Å². The summed E-state index contributed by atoms with van der Waals surface area (Å²) in [7, 11) is 0. The Bertz CT molecular complexity index is 337. The first-order valence-corrected chi connectivity index (χ1v) is 6.13. The molecule has 96 valence electrons. The van der Waals surface area contributed by atoms with Crippen molar-refractivity contribution in [3.63, 3.8) is 0 Å². The minimum atomic E-state index is 0.194. The van der Waals surface area contributed by atoms with Crippen LogP contribution in [0.25, 0.3) is 0 Å². The van der Waals surface area contributed by atoms with E-state index in [1.807, 2.05) is 12.1 Å². The largest absolute Gasteiger partial charge is 0.508 e. The Labute approximate surface area is 103 Å². The lowest BCUT2D eigenvalue weighted by Gasteiger charge is -2.24. The normalized spacial score (nSPS) is 11.7. The number of hydrogen-bond acceptors (Lipinski definition) is 3. The van der Waals surface area contributed by atoms with Gasteiger partial charge in [-0.25, -0.2) is 0 Å². The second-order valence-corrected chi connectivity index (χ2v) is 5.26. The van der Waals surface area contributed by atoms with Crippen LogP contribution in [-0.4, -0.2) is 23.4 Å². The summed E-state index contributed by atoms with van der Waals surface area (Å²) in [5, 5.41) is 21.5. The average molecular weight is 237 g/mol. The lowest BCUT2D eigenvalue weighted by molar-refractivity contribution is 0.236. The molecule has 17 heavy (non-hydrogen) atoms. The van der Waals surface area contributed by atoms with Gasteiger partial charge in [0.15, 0.2) is 0 Å². The fourth-order valence-corrected chi connectivity index (χ4v) is 1.86. The van der Waals surface area contributed by atoms with Gasteiger partial charge in [0.25, 0.3) is 0 Å². The molecule has 1 aromatic rings. The maximum atomic E-state index is 9.33. The summed E-state index contributed by atoms with van der Waals surface area (Å²) in [5.41, 5.74) is 1.28. The van der Waals surface area contributed by atoms with E-state index in [9.17, 15) is 5.11 Å². The first kappa shape index (κ1) is 14.0. The molecule has 1 aromatic carbocycles. The second-order valence-electron chi connectivity index (χ2n) is 5.26. The highest BCUT2D eigenvalue weighted by molar-refractivity contribution is 5.26. The minimum absolute atomic E-state index is 0.194. The van der Waals surface area contributed by atoms with Crippen LogP contribution in [-0.2, 0) is 6.54 Å². The van der Waals surface area contributed by atoms with Crippen molar-refractivity contribution in [3.05, 3.63) is 29.8 Å². The number of phenols is 1. The molecule has 0 bridgehead atoms. The molecule has 0 aliphatic heterocycles. The van der Waals surface area contributed by atoms with Crippen LogP contribution in [0.3, 0.4) is 0 Å². The SMILES string of the molecule is CC(C)(CCCO)CNCc1cccc(O)c1. The van der Waals surface area contributed by atoms with Crippen molar-refractivity contribution in [2.75, 3.05) is 13.2 Å². The van der Waals surface area contributed by atoms with Crippen LogP contribution < -0.4 is 5.32 Å². The zero-order valence-electron chi connectivity index (χ0n) is 10.7. The highest BCUT2D eigenvalue weighted by Gasteiger charge is 2.16. The molecule has 0 aliphatic carbocycles. The average Bonchev–Trinajstić information content (AvgIpc) is 2.26. The van der Waals surface area contributed by atoms with Crippen LogP contribution in [0.2, 0.25) is 0 Å². The topological polar surface area (TPSA) is 52.5 Å². The van der Waals surface area contributed by atoms with Gasteiger partial charge in [-0.05, 0) is 36.0 Å². The predicted molar refractivity (Wildman–Crippen MR) is 69.9 cm³/mol. The second kappa shape index (κ2) is 6.62. The number of aliphatic hydroxyl groups is 1. The molecule has 3 N–H and O–H groups in total. The van der Waals surface area contributed by atoms with E-state index < -0.39 is 0 Å². The van der Waals surface area contributed by atoms with Crippen LogP contribution in [0.1, 0.15) is 32.3 Å². The van der Waals surface area contributed by atoms with Crippen molar-refractivity contribution in [2.24, 2.45) is 5.41 Å². The Hall–Kier alpha value is -1.06. The van der Waals surface area contributed by atoms with Gasteiger partial charge < -0.3 is 15.5 Å². The third kappa shape index (κ3) is 5.71. The fraction of sp³-hybridized carbons (Fsp3) is 0.571. The zero-order valence-corrected chi connectivity index (χ0v) is 10.7. The Balaban J connectivity index is 2.32. The van der Waals surface area contributed by atoms with Gasteiger partial charge in [-0.1, -0.05) is 26.0 Å². The van der Waals surface area contributed by atoms with Gasteiger partial charge in [0.1, 0.15) is 5.75 Å². The van der Waals surface area contributed by atoms with E-state index in [4.69, 9.17) is 5.11 Å². The molecule has 3 heteroatoms. The number of benzene rings is 1. The lowest BCUT2D eigenvalue weighted by Crippen LogP contribution is -2.29. The molecule has 3 nitrogen and oxygen atoms in total. The number of aromatic hydroxyl groups is 1. The van der Waals surface area contributed by atoms with Crippen LogP contribution in [0.5, 0.6) is 5.75 Å². The van der Waals surface area contributed by atoms with Gasteiger partial charge in [-0.15, -0.1) is 0 Å². The molecular weight excluding hydrogens is 214 g/mol. The van der Waals surface area contributed by atoms with Crippen molar-refractivity contribution >= 4 is 0 Å². The Morgan fingerprint density at radius 3 is 2.71 bits per heavy atom. The Morgan fingerprint density at radius 1 is 1.29 bits per heavy atom. The van der Waals surface area contributed by atoms with E-state index in [0.29, 0.717) is 5.75 Å². The van der Waals surface area contributed by atoms with Crippen LogP contribution in [0, 0.1) is 5.41 Å². The molecule has 0 amide bonds. The van der Waals surface area contributed by atoms with Gasteiger partial charge in [0.2, 0.25) is 0 Å². The van der Waals surface area contributed by atoms with Crippen LogP contribution >= 0.6 is 0 Å². The summed E-state index contributed by atoms with van der Waals surface area (Å²) in [4.78, 5) is 0. The van der Waals surface area contributed by atoms with E-state index in [1.54, 1.807) is 12.1 Å². The van der Waals surface area contributed by atoms with Gasteiger partial charge in [0, 0.05) is 19.7 Å². The highest BCUT2D eigenvalue weighted by atomic mass is 16.3. The third-order valence-electron chi connectivity index (χ3n) is 2.85. The quantitative estimate of drug-likeness (QED) is 0.682. The van der Waals surface area contributed by atoms with Crippen molar-refractivity contribution in [1.82, 2.24) is 5.32 Å². The first-order chi connectivity index (χ1) is 8.03. The van der Waals surface area contributed by atoms with Crippen molar-refractivity contribution in [1.29, 1.82) is 0 Å². The molecule has 0 atom stereocenters. The van der Waals surface area contributed by atoms with Gasteiger partial charge in [0.05, 0.1) is 0 Å². The smallest absolute Gasteiger partial charge is 0.115 e. The highest BCUT2D eigenvalue weighted by Crippen LogP contribution is 2.21. The van der Waals surface area contributed by atoms with E-state index in [-0.39, 0.29) is 12.0 Å². The summed E-state index contributed by atoms with van der Waals surface area (Å²) in [6, 6.07) is 7.29. The van der Waals surface area contributed by atoms with Crippen molar-refractivity contribution in [3.8, 4) is 5.75 Å². The summed E-state index contributed by atoms with van der Waals surface area (Å²) < 4.78 is 0. The molecule has 0 aromatic heterocycles. The number of nitrogens with one attached hydrogen (secondary N) is 1. The molecule has 0 fully saturated rings. The molecule has 0 spiro atoms. The minimum Gasteiger partial charge on any atom is -0.508 e. The molecule has 0 heterocycles. The van der Waals surface area contributed by atoms with Gasteiger partial charge >= 0.3 is 0 Å².